The molecular formula is C79H140O17P2. The van der Waals surface area contributed by atoms with Crippen LogP contribution in [-0.4, -0.2) is 96.7 Å². The summed E-state index contributed by atoms with van der Waals surface area (Å²) in [6.07, 6.45) is 72.8. The first-order valence-corrected chi connectivity index (χ1v) is 41.8. The standard InChI is InChI=1S/C79H140O17P2/c1-5-9-13-17-21-25-29-33-35-36-38-41-44-48-52-56-60-64-77(82)90-70-75(96-79(84)66-62-58-54-50-46-42-37-34-30-26-22-18-14-10-6-2)72-94-98(87,88)92-68-73(80)67-91-97(85,86)93-71-74(95-78(83)65-61-57-53-49-45-40-32-28-24-20-16-12-8-4)69-89-76(81)63-59-55-51-47-43-39-31-27-23-19-15-11-7-3/h9-10,13-14,21-22,25-26,33-35,37-38,41,73-75,80H,5-8,11-12,15-20,23-24,27-32,36,39-40,42-72H2,1-4H3,(H,85,86)(H,87,88)/b13-9-,14-10-,25-21-,26-22-,35-33-,37-34-,41-38-. The van der Waals surface area contributed by atoms with Gasteiger partial charge in [0.25, 0.3) is 0 Å². The molecule has 17 nitrogen and oxygen atoms in total. The fourth-order valence-corrected chi connectivity index (χ4v) is 12.1. The molecule has 0 aliphatic rings. The van der Waals surface area contributed by atoms with Crippen molar-refractivity contribution in [1.82, 2.24) is 0 Å². The number of phosphoric acid groups is 2. The molecule has 3 N–H and O–H groups in total. The van der Waals surface area contributed by atoms with Crippen LogP contribution in [0.25, 0.3) is 0 Å². The monoisotopic (exact) mass is 1420 g/mol. The molecule has 0 aromatic carbocycles. The van der Waals surface area contributed by atoms with Crippen molar-refractivity contribution in [3.05, 3.63) is 85.1 Å². The normalized spacial score (nSPS) is 14.4. The van der Waals surface area contributed by atoms with E-state index in [0.717, 1.165) is 148 Å². The van der Waals surface area contributed by atoms with Gasteiger partial charge >= 0.3 is 39.5 Å². The number of aliphatic hydroxyl groups is 1. The summed E-state index contributed by atoms with van der Waals surface area (Å²) in [7, 11) is -9.95. The number of allylic oxidation sites excluding steroid dienone is 14. The number of hydrogen-bond acceptors (Lipinski definition) is 15. The van der Waals surface area contributed by atoms with Gasteiger partial charge in [0.2, 0.25) is 0 Å². The van der Waals surface area contributed by atoms with Crippen molar-refractivity contribution in [1.29, 1.82) is 0 Å². The lowest BCUT2D eigenvalue weighted by atomic mass is 10.0. The highest BCUT2D eigenvalue weighted by Crippen LogP contribution is 2.45. The van der Waals surface area contributed by atoms with Crippen molar-refractivity contribution in [3.63, 3.8) is 0 Å². The third-order valence-electron chi connectivity index (χ3n) is 16.4. The largest absolute Gasteiger partial charge is 0.472 e. The minimum absolute atomic E-state index is 0.0707. The highest BCUT2D eigenvalue weighted by molar-refractivity contribution is 7.47. The van der Waals surface area contributed by atoms with Crippen LogP contribution in [0.1, 0.15) is 336 Å². The smallest absolute Gasteiger partial charge is 0.462 e. The van der Waals surface area contributed by atoms with Gasteiger partial charge < -0.3 is 33.8 Å². The number of hydrogen-bond donors (Lipinski definition) is 3. The van der Waals surface area contributed by atoms with Crippen LogP contribution in [0, 0.1) is 0 Å². The summed E-state index contributed by atoms with van der Waals surface area (Å²) in [6, 6.07) is 0. The number of phosphoric ester groups is 2. The molecule has 19 heteroatoms. The van der Waals surface area contributed by atoms with Gasteiger partial charge in [0.1, 0.15) is 19.3 Å². The minimum atomic E-state index is -4.98. The average Bonchev–Trinajstić information content (AvgIpc) is 1.05. The van der Waals surface area contributed by atoms with Gasteiger partial charge in [-0.2, -0.15) is 0 Å². The molecule has 5 atom stereocenters. The third-order valence-corrected chi connectivity index (χ3v) is 18.3. The number of carbonyl (C=O) groups is 4. The first-order chi connectivity index (χ1) is 47.7. The van der Waals surface area contributed by atoms with E-state index in [9.17, 15) is 43.2 Å². The Morgan fingerprint density at radius 1 is 0.296 bits per heavy atom. The molecule has 0 radical (unpaired) electrons. The van der Waals surface area contributed by atoms with Crippen LogP contribution in [0.15, 0.2) is 85.1 Å². The van der Waals surface area contributed by atoms with E-state index in [1.807, 2.05) is 0 Å². The van der Waals surface area contributed by atoms with Crippen molar-refractivity contribution >= 4 is 39.5 Å². The number of rotatable bonds is 73. The zero-order valence-electron chi connectivity index (χ0n) is 62.0. The lowest BCUT2D eigenvalue weighted by molar-refractivity contribution is -0.161. The second kappa shape index (κ2) is 71.6. The Bertz CT molecular complexity index is 2190. The Labute approximate surface area is 595 Å². The maximum Gasteiger partial charge on any atom is 0.472 e. The van der Waals surface area contributed by atoms with Crippen molar-refractivity contribution < 1.29 is 80.2 Å². The molecule has 0 saturated carbocycles. The highest BCUT2D eigenvalue weighted by atomic mass is 31.2. The van der Waals surface area contributed by atoms with Gasteiger partial charge in [0, 0.05) is 25.7 Å². The van der Waals surface area contributed by atoms with Gasteiger partial charge in [-0.1, -0.05) is 299 Å². The van der Waals surface area contributed by atoms with Gasteiger partial charge in [0.05, 0.1) is 26.4 Å². The van der Waals surface area contributed by atoms with Crippen LogP contribution >= 0.6 is 15.6 Å². The van der Waals surface area contributed by atoms with E-state index in [4.69, 9.17) is 37.0 Å². The molecule has 0 aliphatic heterocycles. The van der Waals surface area contributed by atoms with Crippen LogP contribution in [0.5, 0.6) is 0 Å². The second-order valence-corrected chi connectivity index (χ2v) is 28.8. The van der Waals surface area contributed by atoms with E-state index in [1.54, 1.807) is 0 Å². The van der Waals surface area contributed by atoms with E-state index in [1.165, 1.54) is 109 Å². The molecule has 0 rings (SSSR count). The molecule has 0 saturated heterocycles. The molecule has 0 fully saturated rings. The lowest BCUT2D eigenvalue weighted by Gasteiger charge is -2.21. The van der Waals surface area contributed by atoms with E-state index < -0.39 is 97.5 Å². The predicted octanol–water partition coefficient (Wildman–Crippen LogP) is 22.2. The number of aliphatic hydroxyl groups excluding tert-OH is 1. The molecule has 5 unspecified atom stereocenters. The maximum atomic E-state index is 13.1. The van der Waals surface area contributed by atoms with Crippen molar-refractivity contribution in [2.24, 2.45) is 0 Å². The molecule has 0 bridgehead atoms. The minimum Gasteiger partial charge on any atom is -0.462 e. The van der Waals surface area contributed by atoms with Crippen LogP contribution in [-0.2, 0) is 65.4 Å². The van der Waals surface area contributed by atoms with Crippen LogP contribution < -0.4 is 0 Å². The van der Waals surface area contributed by atoms with E-state index >= 15 is 0 Å². The highest BCUT2D eigenvalue weighted by Gasteiger charge is 2.30. The molecular weight excluding hydrogens is 1280 g/mol. The quantitative estimate of drug-likeness (QED) is 0.0169. The lowest BCUT2D eigenvalue weighted by Crippen LogP contribution is -2.30. The van der Waals surface area contributed by atoms with E-state index in [-0.39, 0.29) is 25.7 Å². The number of unbranched alkanes of at least 4 members (excludes halogenated alkanes) is 33. The molecule has 98 heavy (non-hydrogen) atoms. The van der Waals surface area contributed by atoms with Crippen LogP contribution in [0.4, 0.5) is 0 Å². The zero-order chi connectivity index (χ0) is 71.8. The van der Waals surface area contributed by atoms with Crippen molar-refractivity contribution in [2.45, 2.75) is 354 Å². The Hall–Kier alpha value is -3.76. The Morgan fingerprint density at radius 2 is 0.531 bits per heavy atom. The molecule has 0 heterocycles. The molecule has 0 spiro atoms. The molecule has 0 aromatic rings. The summed E-state index contributed by atoms with van der Waals surface area (Å²) in [6.45, 7) is 4.65. The summed E-state index contributed by atoms with van der Waals surface area (Å²) >= 11 is 0. The topological polar surface area (TPSA) is 237 Å². The average molecular weight is 1420 g/mol. The molecule has 0 aliphatic carbocycles. The number of esters is 4. The number of carbonyl (C=O) groups excluding carboxylic acids is 4. The van der Waals surface area contributed by atoms with Gasteiger partial charge in [-0.05, 0) is 96.3 Å². The third kappa shape index (κ3) is 70.7. The van der Waals surface area contributed by atoms with Gasteiger partial charge in [-0.25, -0.2) is 9.13 Å². The molecule has 0 aromatic heterocycles. The second-order valence-electron chi connectivity index (χ2n) is 25.9. The first kappa shape index (κ1) is 94.2. The summed E-state index contributed by atoms with van der Waals surface area (Å²) in [5, 5.41) is 10.6. The summed E-state index contributed by atoms with van der Waals surface area (Å²) in [5.74, 6) is -2.19. The summed E-state index contributed by atoms with van der Waals surface area (Å²) < 4.78 is 68.5. The molecule has 0 amide bonds. The van der Waals surface area contributed by atoms with Gasteiger partial charge in [0.15, 0.2) is 12.2 Å². The van der Waals surface area contributed by atoms with Crippen molar-refractivity contribution in [2.75, 3.05) is 39.6 Å². The van der Waals surface area contributed by atoms with Crippen LogP contribution in [0.2, 0.25) is 0 Å². The fraction of sp³-hybridized carbons (Fsp3) is 0.772. The maximum absolute atomic E-state index is 13.1. The predicted molar refractivity (Wildman–Crippen MR) is 399 cm³/mol. The van der Waals surface area contributed by atoms with Crippen molar-refractivity contribution in [3.8, 4) is 0 Å². The number of ether oxygens (including phenoxy) is 4. The SMILES string of the molecule is CC/C=C\C/C=C\C/C=C\C/C=C\CCCCCCC(=O)OCC(COP(=O)(O)OCC(O)COP(=O)(O)OCC(COC(=O)CCCCCCCCCCCCCCC)OC(=O)CCCCCCCCCCCCCCC)OC(=O)CCCCCCC/C=C\C/C=C\C/C=C\CC. The fourth-order valence-electron chi connectivity index (χ4n) is 10.5. The summed E-state index contributed by atoms with van der Waals surface area (Å²) in [5.41, 5.74) is 0. The Balaban J connectivity index is 5.35. The Morgan fingerprint density at radius 3 is 0.816 bits per heavy atom. The Kier molecular flexibility index (Phi) is 68.9. The van der Waals surface area contributed by atoms with Crippen LogP contribution in [0.3, 0.4) is 0 Å². The van der Waals surface area contributed by atoms with Gasteiger partial charge in [-0.3, -0.25) is 37.3 Å². The summed E-state index contributed by atoms with van der Waals surface area (Å²) in [4.78, 5) is 72.9. The molecule has 568 valence electrons. The zero-order valence-corrected chi connectivity index (χ0v) is 63.7. The van der Waals surface area contributed by atoms with E-state index in [2.05, 4.69) is 113 Å². The van der Waals surface area contributed by atoms with Gasteiger partial charge in [-0.15, -0.1) is 0 Å². The first-order valence-electron chi connectivity index (χ1n) is 38.8. The van der Waals surface area contributed by atoms with E-state index in [0.29, 0.717) is 25.7 Å².